The fraction of sp³-hybridized carbons (Fsp3) is 0.739. The number of likely N-dealkylation sites (tertiary alicyclic amines) is 1. The highest BCUT2D eigenvalue weighted by molar-refractivity contribution is 5.96. The number of methoxy groups -OCH3 is 2. The average Bonchev–Trinajstić information content (AvgIpc) is 1.75. The third kappa shape index (κ3) is 46.9. The van der Waals surface area contributed by atoms with Gasteiger partial charge in [-0.05, 0) is 81.9 Å². The summed E-state index contributed by atoms with van der Waals surface area (Å²) in [5.41, 5.74) is 0.539. The highest BCUT2D eigenvalue weighted by Crippen LogP contribution is 2.31. The molecule has 1 saturated heterocycles. The Labute approximate surface area is 821 Å². The minimum Gasteiger partial charge on any atom is -0.480 e. The van der Waals surface area contributed by atoms with Gasteiger partial charge >= 0.3 is 18.0 Å². The molecule has 802 valence electrons. The highest BCUT2D eigenvalue weighted by Gasteiger charge is 2.45. The summed E-state index contributed by atoms with van der Waals surface area (Å²) in [4.78, 5) is 246. The summed E-state index contributed by atoms with van der Waals surface area (Å²) < 4.78 is 28.1. The van der Waals surface area contributed by atoms with Gasteiger partial charge in [-0.3, -0.25) is 76.8 Å². The summed E-state index contributed by atoms with van der Waals surface area (Å²) in [6, 6.07) is -0.177. The molecule has 0 saturated carbocycles. The predicted molar refractivity (Wildman–Crippen MR) is 502 cm³/mol. The number of rotatable bonds is 69. The Bertz CT molecular complexity index is 4140. The number of nitrogens with zero attached hydrogens (tertiary/aromatic N) is 3. The van der Waals surface area contributed by atoms with Crippen molar-refractivity contribution in [1.29, 1.82) is 0 Å². The zero-order valence-electron chi connectivity index (χ0n) is 83.6. The van der Waals surface area contributed by atoms with Crippen LogP contribution in [0.15, 0.2) is 30.3 Å². The molecule has 1 aromatic rings. The first-order valence-corrected chi connectivity index (χ1v) is 47.2. The van der Waals surface area contributed by atoms with Crippen LogP contribution in [-0.2, 0) is 112 Å². The van der Waals surface area contributed by atoms with E-state index >= 15 is 0 Å². The van der Waals surface area contributed by atoms with Crippen molar-refractivity contribution in [1.82, 2.24) is 78.5 Å². The van der Waals surface area contributed by atoms with Gasteiger partial charge in [0.05, 0.1) is 126 Å². The molecule has 141 heavy (non-hydrogen) atoms. The number of benzene rings is 1. The first-order chi connectivity index (χ1) is 66.2. The number of hydrogen-bond donors (Lipinski definition) is 23. The Kier molecular flexibility index (Phi) is 58.7. The van der Waals surface area contributed by atoms with Crippen molar-refractivity contribution in [3.05, 3.63) is 35.9 Å². The maximum atomic E-state index is 14.7. The first-order valence-electron chi connectivity index (χ1n) is 47.2. The second-order valence-electron chi connectivity index (χ2n) is 37.2. The number of carboxylic acids is 1. The van der Waals surface area contributed by atoms with E-state index in [9.17, 15) is 137 Å². The number of ether oxygens (including phenoxy) is 5. The lowest BCUT2D eigenvalue weighted by atomic mass is 9.89. The van der Waals surface area contributed by atoms with E-state index in [-0.39, 0.29) is 86.3 Å². The standard InChI is InChI=1S/C92H155N15O34/c1-17-52(6)77(106(14)88(132)75(50(2)3)104-87(131)76(51(4)5)105(12)13)67(137-15)40-74(122)107-34-21-25-62(107)82(138-16)53(7)83(127)103-60(37-55-23-19-18-20-24-55)86(130)93-32-22-35-140-90(135)54(8)100-70(118)39-61(89(133)134)101-69(117)30-33-94-91(136)141-48-56(38-58(111)41-95-71(119)44-97-73(121)45-98-72(120)43-96-68(116)31-36-139-49-92(9,10)11)84(128)102-59(85(129)99-42-64(113)79(124)81(126)66(115)47-109)28-26-57(110)27-29-63(112)78(123)80(125)65(114)46-108/h18-20,23-24,50-54,56,59-67,75-82,108-109,112-115,123-126H,17,21-22,25-49H2,1-16H3,(H,93,130)(H,94,136)(H,95,119)(H,96,116)(H,97,121)(H,98,120)(H,99,129)(H,100,118)(H,101,117)(H,102,128)(H,103,127)(H,104,131)(H,133,134)/t52-,53+,54-,56-,59-,60-,61-,62-,63-,64-,65+,66+,67+,75?,76-,77-,78+,79+,80+,81+,82+/m0/s1. The number of carbonyl (C=O) groups excluding carboxylic acids is 17. The number of aliphatic carboxylic acids is 1. The van der Waals surface area contributed by atoms with Gasteiger partial charge in [0, 0.05) is 86.0 Å². The van der Waals surface area contributed by atoms with Crippen LogP contribution in [0.1, 0.15) is 165 Å². The van der Waals surface area contributed by atoms with Crippen molar-refractivity contribution < 1.29 is 166 Å². The number of esters is 1. The van der Waals surface area contributed by atoms with Crippen molar-refractivity contribution in [2.75, 3.05) is 127 Å². The average molecular weight is 2020 g/mol. The topological polar surface area (TPSA) is 730 Å². The molecule has 14 amide bonds. The van der Waals surface area contributed by atoms with Crippen LogP contribution in [0.25, 0.3) is 0 Å². The number of alkyl carbamates (subject to hydrolysis) is 1. The molecule has 49 nitrogen and oxygen atoms in total. The van der Waals surface area contributed by atoms with Gasteiger partial charge < -0.3 is 153 Å². The van der Waals surface area contributed by atoms with Crippen molar-refractivity contribution in [3.63, 3.8) is 0 Å². The van der Waals surface area contributed by atoms with Gasteiger partial charge in [-0.1, -0.05) is 106 Å². The molecule has 0 radical (unpaired) electrons. The molecular formula is C92H155N15O34. The van der Waals surface area contributed by atoms with Crippen LogP contribution in [0.2, 0.25) is 0 Å². The number of nitrogens with one attached hydrogen (secondary N) is 12. The summed E-state index contributed by atoms with van der Waals surface area (Å²) in [5, 5.41) is 138. The summed E-state index contributed by atoms with van der Waals surface area (Å²) in [6.07, 6.45) is -23.1. The summed E-state index contributed by atoms with van der Waals surface area (Å²) in [5.74, 6) is -17.8. The van der Waals surface area contributed by atoms with E-state index in [0.717, 1.165) is 0 Å². The van der Waals surface area contributed by atoms with Gasteiger partial charge in [0.15, 0.2) is 5.78 Å². The van der Waals surface area contributed by atoms with E-state index in [0.29, 0.717) is 38.0 Å². The number of amides is 14. The zero-order valence-corrected chi connectivity index (χ0v) is 83.6. The lowest BCUT2D eigenvalue weighted by Crippen LogP contribution is -2.59. The summed E-state index contributed by atoms with van der Waals surface area (Å²) >= 11 is 0. The molecule has 49 heteroatoms. The van der Waals surface area contributed by atoms with Gasteiger partial charge in [-0.25, -0.2) is 14.4 Å². The maximum absolute atomic E-state index is 14.7. The highest BCUT2D eigenvalue weighted by atomic mass is 16.6. The number of hydrogen-bond acceptors (Lipinski definition) is 34. The molecule has 1 heterocycles. The second-order valence-corrected chi connectivity index (χ2v) is 37.2. The van der Waals surface area contributed by atoms with E-state index in [1.165, 1.54) is 21.1 Å². The van der Waals surface area contributed by atoms with Crippen LogP contribution in [-0.4, -0.2) is 414 Å². The molecule has 2 rings (SSSR count). The quantitative estimate of drug-likeness (QED) is 0.0213. The lowest BCUT2D eigenvalue weighted by molar-refractivity contribution is -0.148. The fourth-order valence-electron chi connectivity index (χ4n) is 15.2. The molecule has 0 spiro atoms. The third-order valence-electron chi connectivity index (χ3n) is 23.4. The molecule has 21 atom stereocenters. The van der Waals surface area contributed by atoms with Crippen LogP contribution in [0.5, 0.6) is 0 Å². The number of carbonyl (C=O) groups is 18. The van der Waals surface area contributed by atoms with Crippen molar-refractivity contribution in [2.24, 2.45) is 35.0 Å². The largest absolute Gasteiger partial charge is 0.480 e. The van der Waals surface area contributed by atoms with Gasteiger partial charge in [-0.2, -0.15) is 0 Å². The van der Waals surface area contributed by atoms with Gasteiger partial charge in [0.2, 0.25) is 76.8 Å². The molecule has 1 aliphatic heterocycles. The smallest absolute Gasteiger partial charge is 0.407 e. The van der Waals surface area contributed by atoms with Crippen LogP contribution in [0.4, 0.5) is 4.79 Å². The molecule has 0 aliphatic carbocycles. The SMILES string of the molecule is CC[C@H](C)[C@@H]([C@@H](CC(=O)N1CCC[C@H]1[C@H](OC)[C@@H](C)C(=O)N[C@@H](Cc1ccccc1)C(=O)NCCCOC(=O)[C@H](C)NC(=O)C[C@H](NC(=O)CCNC(=O)OC[C@H](CC(=O)CNC(=O)CNC(=O)CNC(=O)CNC(=O)CCOCC(C)(C)C)C(=O)N[C@@H](CCC(=O)CC[C@H](O)[C@@H](O)[C@H](O)[C@H](O)CO)C(=O)NC[C@H](O)[C@@H](O)[C@H](O)[C@H](O)CO)C(=O)O)OC)N(C)C(=O)C(NC(=O)[C@H](C(C)C)N(C)C)C(C)C. The minimum atomic E-state index is -2.22. The van der Waals surface area contributed by atoms with Gasteiger partial charge in [0.25, 0.3) is 0 Å². The lowest BCUT2D eigenvalue weighted by Gasteiger charge is -2.41. The zero-order chi connectivity index (χ0) is 107. The van der Waals surface area contributed by atoms with Crippen LogP contribution < -0.4 is 63.8 Å². The molecule has 0 aromatic heterocycles. The molecule has 1 fully saturated rings. The molecule has 1 unspecified atom stereocenters. The normalized spacial score (nSPS) is 16.9. The Morgan fingerprint density at radius 2 is 1.09 bits per heavy atom. The van der Waals surface area contributed by atoms with Gasteiger partial charge in [-0.15, -0.1) is 0 Å². The molecule has 23 N–H and O–H groups in total. The predicted octanol–water partition coefficient (Wildman–Crippen LogP) is -6.91. The van der Waals surface area contributed by atoms with E-state index < -0.39 is 314 Å². The second kappa shape index (κ2) is 65.5. The number of Topliss-reactive ketones (excluding diaryl/α,β-unsaturated/α-hetero) is 2. The summed E-state index contributed by atoms with van der Waals surface area (Å²) in [7, 11) is 8.16. The Balaban J connectivity index is 2.21. The number of aliphatic hydroxyl groups excluding tert-OH is 10. The number of aliphatic hydroxyl groups is 10. The number of carboxylic acid groups (broad SMARTS) is 1. The number of ketones is 2. The molecule has 0 bridgehead atoms. The molecule has 1 aliphatic rings. The van der Waals surface area contributed by atoms with Crippen molar-refractivity contribution in [3.8, 4) is 0 Å². The van der Waals surface area contributed by atoms with Crippen LogP contribution in [0.3, 0.4) is 0 Å². The molecule has 1 aromatic carbocycles. The Hall–Kier alpha value is -10.7. The van der Waals surface area contributed by atoms with E-state index in [1.807, 2.05) is 62.3 Å². The van der Waals surface area contributed by atoms with Gasteiger partial charge in [0.1, 0.15) is 79.2 Å². The van der Waals surface area contributed by atoms with Crippen LogP contribution in [0, 0.1) is 35.0 Å². The fourth-order valence-corrected chi connectivity index (χ4v) is 15.2. The monoisotopic (exact) mass is 2010 g/mol. The Morgan fingerprint density at radius 1 is 0.525 bits per heavy atom. The first kappa shape index (κ1) is 126. The minimum absolute atomic E-state index is 0.0111. The third-order valence-corrected chi connectivity index (χ3v) is 23.4. The Morgan fingerprint density at radius 3 is 1.63 bits per heavy atom. The molecular weight excluding hydrogens is 1860 g/mol. The number of likely N-dealkylation sites (N-methyl/N-ethyl adjacent to an activating group) is 2. The van der Waals surface area contributed by atoms with E-state index in [2.05, 4.69) is 63.8 Å². The van der Waals surface area contributed by atoms with Crippen LogP contribution >= 0.6 is 0 Å². The summed E-state index contributed by atoms with van der Waals surface area (Å²) in [6.45, 7) is 12.9. The van der Waals surface area contributed by atoms with E-state index in [1.54, 1.807) is 73.1 Å². The van der Waals surface area contributed by atoms with Crippen molar-refractivity contribution in [2.45, 2.75) is 275 Å². The maximum Gasteiger partial charge on any atom is 0.407 e. The van der Waals surface area contributed by atoms with Crippen molar-refractivity contribution >= 4 is 106 Å². The van der Waals surface area contributed by atoms with E-state index in [4.69, 9.17) is 28.8 Å².